The molecule has 27 heavy (non-hydrogen) atoms. The van der Waals surface area contributed by atoms with E-state index in [1.807, 2.05) is 6.92 Å². The number of nitrogens with zero attached hydrogens (tertiary/aromatic N) is 4. The molecular formula is C20H26FN5O. The van der Waals surface area contributed by atoms with Crippen molar-refractivity contribution in [3.05, 3.63) is 35.9 Å². The van der Waals surface area contributed by atoms with E-state index in [0.717, 1.165) is 37.1 Å². The molecule has 0 spiro atoms. The van der Waals surface area contributed by atoms with E-state index < -0.39 is 0 Å². The highest BCUT2D eigenvalue weighted by atomic mass is 19.1. The highest BCUT2D eigenvalue weighted by Crippen LogP contribution is 2.28. The molecule has 6 nitrogen and oxygen atoms in total. The zero-order valence-corrected chi connectivity index (χ0v) is 16.3. The monoisotopic (exact) mass is 371 g/mol. The van der Waals surface area contributed by atoms with Gasteiger partial charge < -0.3 is 10.1 Å². The average molecular weight is 371 g/mol. The molecule has 0 saturated carbocycles. The zero-order chi connectivity index (χ0) is 19.4. The summed E-state index contributed by atoms with van der Waals surface area (Å²) in [6, 6.07) is 3.34. The van der Waals surface area contributed by atoms with E-state index in [1.54, 1.807) is 23.8 Å². The first-order valence-electron chi connectivity index (χ1n) is 9.39. The summed E-state index contributed by atoms with van der Waals surface area (Å²) in [6.45, 7) is 6.29. The summed E-state index contributed by atoms with van der Waals surface area (Å²) in [7, 11) is 1.59. The molecular weight excluding hydrogens is 345 g/mol. The standard InChI is InChI=1S/C20H26FN5O/c1-5-7-8-15(6-2)23-18-13(3)20(27-4)25-19(24-18)16-11-22-17-10-9-14(21)12-26(16)17/h9-12,15H,5-8H2,1-4H3,(H,23,24,25). The van der Waals surface area contributed by atoms with E-state index in [1.165, 1.54) is 12.3 Å². The number of imidazole rings is 1. The SMILES string of the molecule is CCCCC(CC)Nc1nc(-c2cnc3ccc(F)cn23)nc(OC)c1C. The zero-order valence-electron chi connectivity index (χ0n) is 16.3. The van der Waals surface area contributed by atoms with Crippen molar-refractivity contribution in [2.24, 2.45) is 0 Å². The van der Waals surface area contributed by atoms with E-state index in [0.29, 0.717) is 29.1 Å². The number of hydrogen-bond acceptors (Lipinski definition) is 5. The smallest absolute Gasteiger partial charge is 0.221 e. The van der Waals surface area contributed by atoms with Gasteiger partial charge >= 0.3 is 0 Å². The van der Waals surface area contributed by atoms with Gasteiger partial charge in [-0.1, -0.05) is 26.7 Å². The van der Waals surface area contributed by atoms with Gasteiger partial charge in [0.15, 0.2) is 5.82 Å². The van der Waals surface area contributed by atoms with Crippen LogP contribution in [-0.4, -0.2) is 32.5 Å². The van der Waals surface area contributed by atoms with Gasteiger partial charge in [0.1, 0.15) is 23.0 Å². The fraction of sp³-hybridized carbons (Fsp3) is 0.450. The molecule has 3 rings (SSSR count). The maximum Gasteiger partial charge on any atom is 0.221 e. The van der Waals surface area contributed by atoms with Gasteiger partial charge in [-0.25, -0.2) is 14.4 Å². The van der Waals surface area contributed by atoms with Crippen LogP contribution < -0.4 is 10.1 Å². The Morgan fingerprint density at radius 1 is 1.26 bits per heavy atom. The lowest BCUT2D eigenvalue weighted by Crippen LogP contribution is -2.20. The molecule has 7 heteroatoms. The van der Waals surface area contributed by atoms with Crippen molar-refractivity contribution >= 4 is 11.5 Å². The lowest BCUT2D eigenvalue weighted by molar-refractivity contribution is 0.394. The summed E-state index contributed by atoms with van der Waals surface area (Å²) in [4.78, 5) is 13.5. The van der Waals surface area contributed by atoms with Crippen LogP contribution in [0.4, 0.5) is 10.2 Å². The van der Waals surface area contributed by atoms with Crippen molar-refractivity contribution in [1.29, 1.82) is 0 Å². The predicted octanol–water partition coefficient (Wildman–Crippen LogP) is 4.63. The molecule has 3 aromatic rings. The first-order valence-corrected chi connectivity index (χ1v) is 9.39. The molecule has 0 amide bonds. The number of ether oxygens (including phenoxy) is 1. The number of nitrogens with one attached hydrogen (secondary N) is 1. The summed E-state index contributed by atoms with van der Waals surface area (Å²) in [5, 5.41) is 3.53. The number of methoxy groups -OCH3 is 1. The average Bonchev–Trinajstić information content (AvgIpc) is 3.09. The Kier molecular flexibility index (Phi) is 5.88. The van der Waals surface area contributed by atoms with Crippen LogP contribution >= 0.6 is 0 Å². The van der Waals surface area contributed by atoms with E-state index in [2.05, 4.69) is 29.1 Å². The van der Waals surface area contributed by atoms with Crippen molar-refractivity contribution in [2.75, 3.05) is 12.4 Å². The van der Waals surface area contributed by atoms with Crippen molar-refractivity contribution in [3.63, 3.8) is 0 Å². The van der Waals surface area contributed by atoms with E-state index in [4.69, 9.17) is 9.72 Å². The first-order chi connectivity index (χ1) is 13.1. The van der Waals surface area contributed by atoms with E-state index in [-0.39, 0.29) is 5.82 Å². The summed E-state index contributed by atoms with van der Waals surface area (Å²) >= 11 is 0. The van der Waals surface area contributed by atoms with Crippen LogP contribution in [-0.2, 0) is 0 Å². The molecule has 0 aliphatic rings. The molecule has 0 bridgehead atoms. The number of hydrogen-bond donors (Lipinski definition) is 1. The normalized spacial score (nSPS) is 12.3. The second-order valence-corrected chi connectivity index (χ2v) is 6.64. The van der Waals surface area contributed by atoms with Gasteiger partial charge in [0.2, 0.25) is 5.88 Å². The van der Waals surface area contributed by atoms with Gasteiger partial charge in [-0.3, -0.25) is 4.40 Å². The van der Waals surface area contributed by atoms with Gasteiger partial charge in [0.25, 0.3) is 0 Å². The lowest BCUT2D eigenvalue weighted by atomic mass is 10.1. The molecule has 3 heterocycles. The topological polar surface area (TPSA) is 64.3 Å². The second-order valence-electron chi connectivity index (χ2n) is 6.64. The van der Waals surface area contributed by atoms with Crippen LogP contribution in [0.5, 0.6) is 5.88 Å². The second kappa shape index (κ2) is 8.33. The molecule has 3 aromatic heterocycles. The number of anilines is 1. The minimum Gasteiger partial charge on any atom is -0.481 e. The van der Waals surface area contributed by atoms with Gasteiger partial charge in [-0.15, -0.1) is 0 Å². The molecule has 1 atom stereocenters. The molecule has 1 unspecified atom stereocenters. The van der Waals surface area contributed by atoms with E-state index in [9.17, 15) is 4.39 Å². The fourth-order valence-electron chi connectivity index (χ4n) is 3.09. The van der Waals surface area contributed by atoms with Crippen LogP contribution in [0.25, 0.3) is 17.2 Å². The number of unbranched alkanes of at least 4 members (excludes halogenated alkanes) is 1. The Morgan fingerprint density at radius 2 is 2.07 bits per heavy atom. The Hall–Kier alpha value is -2.70. The fourth-order valence-corrected chi connectivity index (χ4v) is 3.09. The third-order valence-electron chi connectivity index (χ3n) is 4.73. The summed E-state index contributed by atoms with van der Waals surface area (Å²) < 4.78 is 20.8. The minimum absolute atomic E-state index is 0.329. The third-order valence-corrected chi connectivity index (χ3v) is 4.73. The Balaban J connectivity index is 2.04. The Bertz CT molecular complexity index is 924. The summed E-state index contributed by atoms with van der Waals surface area (Å²) in [6.07, 6.45) is 7.43. The minimum atomic E-state index is -0.343. The molecule has 144 valence electrons. The Morgan fingerprint density at radius 3 is 2.78 bits per heavy atom. The molecule has 0 aromatic carbocycles. The number of aromatic nitrogens is 4. The predicted molar refractivity (Wildman–Crippen MR) is 105 cm³/mol. The van der Waals surface area contributed by atoms with Crippen LogP contribution in [0, 0.1) is 12.7 Å². The maximum atomic E-state index is 13.7. The number of fused-ring (bicyclic) bond motifs is 1. The van der Waals surface area contributed by atoms with Crippen LogP contribution in [0.3, 0.4) is 0 Å². The summed E-state index contributed by atoms with van der Waals surface area (Å²) in [5.41, 5.74) is 2.11. The van der Waals surface area contributed by atoms with Gasteiger partial charge in [-0.2, -0.15) is 4.98 Å². The lowest BCUT2D eigenvalue weighted by Gasteiger charge is -2.20. The Labute approximate surface area is 158 Å². The van der Waals surface area contributed by atoms with Crippen molar-refractivity contribution in [2.45, 2.75) is 52.5 Å². The van der Waals surface area contributed by atoms with Crippen LogP contribution in [0.1, 0.15) is 45.1 Å². The van der Waals surface area contributed by atoms with Gasteiger partial charge in [-0.05, 0) is 31.9 Å². The number of rotatable bonds is 8. The molecule has 0 saturated heterocycles. The van der Waals surface area contributed by atoms with Crippen LogP contribution in [0.2, 0.25) is 0 Å². The maximum absolute atomic E-state index is 13.7. The molecule has 0 radical (unpaired) electrons. The number of halogens is 1. The van der Waals surface area contributed by atoms with Crippen LogP contribution in [0.15, 0.2) is 24.5 Å². The molecule has 0 aliphatic carbocycles. The van der Waals surface area contributed by atoms with E-state index >= 15 is 0 Å². The van der Waals surface area contributed by atoms with Crippen molar-refractivity contribution < 1.29 is 9.13 Å². The van der Waals surface area contributed by atoms with Gasteiger partial charge in [0, 0.05) is 12.2 Å². The quantitative estimate of drug-likeness (QED) is 0.625. The van der Waals surface area contributed by atoms with Crippen molar-refractivity contribution in [3.8, 4) is 17.4 Å². The molecule has 0 aliphatic heterocycles. The largest absolute Gasteiger partial charge is 0.481 e. The highest BCUT2D eigenvalue weighted by molar-refractivity contribution is 5.61. The summed E-state index contributed by atoms with van der Waals surface area (Å²) in [5.74, 6) is 1.35. The first kappa shape index (κ1) is 19.1. The van der Waals surface area contributed by atoms with Crippen molar-refractivity contribution in [1.82, 2.24) is 19.4 Å². The molecule has 0 fully saturated rings. The molecule has 1 N–H and O–H groups in total. The number of pyridine rings is 1. The third kappa shape index (κ3) is 4.02. The van der Waals surface area contributed by atoms with Gasteiger partial charge in [0.05, 0.1) is 18.9 Å². The highest BCUT2D eigenvalue weighted by Gasteiger charge is 2.18.